The van der Waals surface area contributed by atoms with Crippen LogP contribution in [0.2, 0.25) is 0 Å². The molecule has 2 aromatic heterocycles. The van der Waals surface area contributed by atoms with Crippen molar-refractivity contribution >= 4 is 11.7 Å². The number of aromatic amines is 1. The molecule has 2 N–H and O–H groups in total. The van der Waals surface area contributed by atoms with Gasteiger partial charge in [-0.3, -0.25) is 9.69 Å². The molecule has 5 rings (SSSR count). The molecule has 0 spiro atoms. The zero-order valence-electron chi connectivity index (χ0n) is 22.6. The summed E-state index contributed by atoms with van der Waals surface area (Å²) in [5, 5.41) is 3.28. The molecule has 0 radical (unpaired) electrons. The van der Waals surface area contributed by atoms with E-state index in [1.807, 2.05) is 56.3 Å². The molecular weight excluding hydrogens is 496 g/mol. The molecule has 3 heterocycles. The zero-order chi connectivity index (χ0) is 27.2. The Morgan fingerprint density at radius 3 is 2.67 bits per heavy atom. The van der Waals surface area contributed by atoms with Gasteiger partial charge in [0.05, 0.1) is 31.6 Å². The summed E-state index contributed by atoms with van der Waals surface area (Å²) in [6, 6.07) is 14.1. The number of hydrogen-bond donors (Lipinski definition) is 2. The van der Waals surface area contributed by atoms with Crippen molar-refractivity contribution in [3.63, 3.8) is 0 Å². The third-order valence-electron chi connectivity index (χ3n) is 6.79. The van der Waals surface area contributed by atoms with Crippen LogP contribution in [0.1, 0.15) is 16.7 Å². The number of pyridine rings is 1. The maximum Gasteiger partial charge on any atom is 0.299 e. The van der Waals surface area contributed by atoms with E-state index in [-0.39, 0.29) is 5.56 Å². The summed E-state index contributed by atoms with van der Waals surface area (Å²) in [5.41, 5.74) is 5.84. The molecule has 0 aliphatic carbocycles. The highest BCUT2D eigenvalue weighted by Gasteiger charge is 2.16. The van der Waals surface area contributed by atoms with Crippen molar-refractivity contribution in [3.8, 4) is 28.2 Å². The van der Waals surface area contributed by atoms with Gasteiger partial charge in [0.25, 0.3) is 11.6 Å². The molecule has 2 aromatic carbocycles. The van der Waals surface area contributed by atoms with Gasteiger partial charge in [0.15, 0.2) is 5.76 Å². The van der Waals surface area contributed by atoms with Gasteiger partial charge in [0.1, 0.15) is 12.4 Å². The molecule has 0 atom stereocenters. The second-order valence-corrected chi connectivity index (χ2v) is 9.65. The highest BCUT2D eigenvalue weighted by molar-refractivity contribution is 5.74. The summed E-state index contributed by atoms with van der Waals surface area (Å²) in [6.45, 7) is 9.06. The standard InChI is InChI=1S/C30H34N4O5/c1-20-4-5-22(19-36-3)14-26(20)33-30-32-18-27(39-30)23-15-24(28-21(2)6-7-31-29(28)35)17-25(16-23)38-13-10-34-8-11-37-12-9-34/h4-7,14-18H,8-13,19H2,1-3H3,(H,31,35)(H,32,33). The van der Waals surface area contributed by atoms with Crippen molar-refractivity contribution in [1.29, 1.82) is 0 Å². The normalized spacial score (nSPS) is 13.9. The Kier molecular flexibility index (Phi) is 8.41. The number of nitrogens with zero attached hydrogens (tertiary/aromatic N) is 2. The van der Waals surface area contributed by atoms with Crippen molar-refractivity contribution in [1.82, 2.24) is 14.9 Å². The van der Waals surface area contributed by atoms with Gasteiger partial charge in [-0.25, -0.2) is 4.98 Å². The van der Waals surface area contributed by atoms with Crippen molar-refractivity contribution in [2.75, 3.05) is 51.9 Å². The fourth-order valence-electron chi connectivity index (χ4n) is 4.66. The second kappa shape index (κ2) is 12.3. The maximum absolute atomic E-state index is 12.8. The maximum atomic E-state index is 12.8. The molecule has 0 saturated carbocycles. The lowest BCUT2D eigenvalue weighted by atomic mass is 9.99. The number of ether oxygens (including phenoxy) is 3. The number of methoxy groups -OCH3 is 1. The van der Waals surface area contributed by atoms with E-state index in [1.165, 1.54) is 0 Å². The minimum Gasteiger partial charge on any atom is -0.492 e. The summed E-state index contributed by atoms with van der Waals surface area (Å²) in [6.07, 6.45) is 3.33. The summed E-state index contributed by atoms with van der Waals surface area (Å²) in [4.78, 5) is 22.3. The van der Waals surface area contributed by atoms with E-state index >= 15 is 0 Å². The first-order chi connectivity index (χ1) is 19.0. The molecule has 39 heavy (non-hydrogen) atoms. The number of H-pyrrole nitrogens is 1. The predicted molar refractivity (Wildman–Crippen MR) is 151 cm³/mol. The molecule has 9 heteroatoms. The SMILES string of the molecule is COCc1ccc(C)c(Nc2ncc(-c3cc(OCCN4CCOCC4)cc(-c4c(C)cc[nH]c4=O)c3)o2)c1. The number of aryl methyl sites for hydroxylation is 2. The van der Waals surface area contributed by atoms with Crippen LogP contribution in [-0.2, 0) is 16.1 Å². The van der Waals surface area contributed by atoms with Gasteiger partial charge in [-0.15, -0.1) is 0 Å². The van der Waals surface area contributed by atoms with Crippen LogP contribution in [0.15, 0.2) is 64.1 Å². The molecule has 9 nitrogen and oxygen atoms in total. The van der Waals surface area contributed by atoms with E-state index in [4.69, 9.17) is 18.6 Å². The zero-order valence-corrected chi connectivity index (χ0v) is 22.6. The monoisotopic (exact) mass is 530 g/mol. The minimum atomic E-state index is -0.155. The third-order valence-corrected chi connectivity index (χ3v) is 6.79. The Bertz CT molecular complexity index is 1470. The number of rotatable bonds is 10. The van der Waals surface area contributed by atoms with Gasteiger partial charge < -0.3 is 28.9 Å². The van der Waals surface area contributed by atoms with Crippen LogP contribution in [-0.4, -0.2) is 61.4 Å². The van der Waals surface area contributed by atoms with Crippen LogP contribution in [0.4, 0.5) is 11.7 Å². The van der Waals surface area contributed by atoms with E-state index in [0.29, 0.717) is 36.3 Å². The predicted octanol–water partition coefficient (Wildman–Crippen LogP) is 4.91. The Morgan fingerprint density at radius 2 is 1.87 bits per heavy atom. The van der Waals surface area contributed by atoms with Gasteiger partial charge >= 0.3 is 0 Å². The highest BCUT2D eigenvalue weighted by atomic mass is 16.5. The number of benzene rings is 2. The number of hydrogen-bond acceptors (Lipinski definition) is 8. The molecule has 0 unspecified atom stereocenters. The molecule has 0 bridgehead atoms. The lowest BCUT2D eigenvalue weighted by Gasteiger charge is -2.26. The van der Waals surface area contributed by atoms with Crippen molar-refractivity contribution in [2.24, 2.45) is 0 Å². The smallest absolute Gasteiger partial charge is 0.299 e. The quantitative estimate of drug-likeness (QED) is 0.298. The Labute approximate surface area is 227 Å². The van der Waals surface area contributed by atoms with Crippen molar-refractivity contribution < 1.29 is 18.6 Å². The first-order valence-corrected chi connectivity index (χ1v) is 13.1. The number of oxazole rings is 1. The molecule has 1 aliphatic rings. The average Bonchev–Trinajstić information content (AvgIpc) is 3.40. The van der Waals surface area contributed by atoms with Crippen molar-refractivity contribution in [2.45, 2.75) is 20.5 Å². The van der Waals surface area contributed by atoms with Gasteiger partial charge in [-0.1, -0.05) is 12.1 Å². The lowest BCUT2D eigenvalue weighted by Crippen LogP contribution is -2.38. The van der Waals surface area contributed by atoms with Crippen LogP contribution in [0.3, 0.4) is 0 Å². The number of anilines is 2. The van der Waals surface area contributed by atoms with Crippen molar-refractivity contribution in [3.05, 3.63) is 81.9 Å². The Hall–Kier alpha value is -3.92. The molecule has 4 aromatic rings. The summed E-state index contributed by atoms with van der Waals surface area (Å²) in [5.74, 6) is 1.22. The van der Waals surface area contributed by atoms with Gasteiger partial charge in [-0.2, -0.15) is 0 Å². The molecular formula is C30H34N4O5. The molecule has 204 valence electrons. The van der Waals surface area contributed by atoms with Crippen LogP contribution in [0, 0.1) is 13.8 Å². The third kappa shape index (κ3) is 6.57. The first kappa shape index (κ1) is 26.7. The molecule has 1 saturated heterocycles. The lowest BCUT2D eigenvalue weighted by molar-refractivity contribution is 0.0322. The minimum absolute atomic E-state index is 0.155. The summed E-state index contributed by atoms with van der Waals surface area (Å²) >= 11 is 0. The van der Waals surface area contributed by atoms with Gasteiger partial charge in [-0.05, 0) is 66.4 Å². The van der Waals surface area contributed by atoms with E-state index in [9.17, 15) is 4.79 Å². The van der Waals surface area contributed by atoms with E-state index in [0.717, 1.165) is 66.4 Å². The van der Waals surface area contributed by atoms with Crippen LogP contribution in [0.5, 0.6) is 5.75 Å². The number of nitrogens with one attached hydrogen (secondary N) is 2. The number of morpholine rings is 1. The first-order valence-electron chi connectivity index (χ1n) is 13.1. The highest BCUT2D eigenvalue weighted by Crippen LogP contribution is 2.33. The average molecular weight is 531 g/mol. The van der Waals surface area contributed by atoms with Crippen LogP contribution in [0.25, 0.3) is 22.5 Å². The van der Waals surface area contributed by atoms with Crippen LogP contribution >= 0.6 is 0 Å². The number of aromatic nitrogens is 2. The molecule has 1 aliphatic heterocycles. The van der Waals surface area contributed by atoms with E-state index < -0.39 is 0 Å². The van der Waals surface area contributed by atoms with Gasteiger partial charge in [0.2, 0.25) is 0 Å². The van der Waals surface area contributed by atoms with Crippen LogP contribution < -0.4 is 15.6 Å². The Balaban J connectivity index is 1.42. The fourth-order valence-corrected chi connectivity index (χ4v) is 4.66. The summed E-state index contributed by atoms with van der Waals surface area (Å²) < 4.78 is 23.0. The second-order valence-electron chi connectivity index (χ2n) is 9.65. The van der Waals surface area contributed by atoms with E-state index in [1.54, 1.807) is 19.5 Å². The largest absolute Gasteiger partial charge is 0.492 e. The Morgan fingerprint density at radius 1 is 1.05 bits per heavy atom. The molecule has 1 fully saturated rings. The summed E-state index contributed by atoms with van der Waals surface area (Å²) in [7, 11) is 1.67. The topological polar surface area (TPSA) is 102 Å². The van der Waals surface area contributed by atoms with Gasteiger partial charge in [0, 0.05) is 44.2 Å². The van der Waals surface area contributed by atoms with E-state index in [2.05, 4.69) is 20.2 Å². The fraction of sp³-hybridized carbons (Fsp3) is 0.333. The molecule has 0 amide bonds.